The smallest absolute Gasteiger partial charge is 0.136 e. The van der Waals surface area contributed by atoms with Crippen LogP contribution in [0.25, 0.3) is 0 Å². The van der Waals surface area contributed by atoms with Crippen molar-refractivity contribution >= 4 is 11.5 Å². The summed E-state index contributed by atoms with van der Waals surface area (Å²) in [7, 11) is 1.78. The lowest BCUT2D eigenvalue weighted by molar-refractivity contribution is 0.704. The number of aryl methyl sites for hydroxylation is 1. The molecule has 0 aliphatic carbocycles. The van der Waals surface area contributed by atoms with Crippen molar-refractivity contribution in [2.45, 2.75) is 39.5 Å². The molecule has 0 saturated carbocycles. The number of aromatic nitrogens is 2. The first-order valence-electron chi connectivity index (χ1n) is 7.04. The van der Waals surface area contributed by atoms with Crippen molar-refractivity contribution in [3.8, 4) is 0 Å². The van der Waals surface area contributed by atoms with E-state index in [0.29, 0.717) is 5.82 Å². The number of nitrogens with one attached hydrogen (secondary N) is 1. The van der Waals surface area contributed by atoms with Crippen LogP contribution in [-0.2, 0) is 0 Å². The first kappa shape index (κ1) is 16.1. The minimum absolute atomic E-state index is 0.501. The van der Waals surface area contributed by atoms with Crippen LogP contribution in [0, 0.1) is 6.92 Å². The maximum atomic E-state index is 5.93. The molecule has 0 unspecified atom stereocenters. The van der Waals surface area contributed by atoms with Gasteiger partial charge in [-0.1, -0.05) is 19.9 Å². The maximum absolute atomic E-state index is 5.93. The van der Waals surface area contributed by atoms with Crippen LogP contribution in [0.2, 0.25) is 0 Å². The van der Waals surface area contributed by atoms with E-state index in [1.54, 1.807) is 7.05 Å². The van der Waals surface area contributed by atoms with Crippen molar-refractivity contribution < 1.29 is 0 Å². The van der Waals surface area contributed by atoms with Crippen LogP contribution in [0.1, 0.15) is 43.9 Å². The normalized spacial score (nSPS) is 11.4. The molecule has 0 radical (unpaired) electrons. The molecule has 1 rings (SSSR count). The lowest BCUT2D eigenvalue weighted by atomic mass is 10.0. The van der Waals surface area contributed by atoms with Gasteiger partial charge in [-0.2, -0.15) is 0 Å². The molecule has 0 aromatic carbocycles. The summed E-state index contributed by atoms with van der Waals surface area (Å²) >= 11 is 0. The van der Waals surface area contributed by atoms with Gasteiger partial charge in [0.25, 0.3) is 0 Å². The summed E-state index contributed by atoms with van der Waals surface area (Å²) < 4.78 is 0. The molecule has 5 heteroatoms. The van der Waals surface area contributed by atoms with Crippen molar-refractivity contribution in [2.75, 3.05) is 19.3 Å². The van der Waals surface area contributed by atoms with Crippen LogP contribution in [0.3, 0.4) is 0 Å². The van der Waals surface area contributed by atoms with Gasteiger partial charge in [-0.3, -0.25) is 4.99 Å². The Balaban J connectivity index is 2.55. The molecule has 110 valence electrons. The number of nitrogen functional groups attached to an aromatic ring is 1. The highest BCUT2D eigenvalue weighted by atomic mass is 14.9. The van der Waals surface area contributed by atoms with Gasteiger partial charge in [-0.25, -0.2) is 9.97 Å². The standard InChI is InChI=1S/C15H25N5/c1-5-7-11(2)18-9-6-8-13(17-4)14-12(3)19-10-20-15(14)16/h10,18H,2,5-9H2,1,3-4H3,(H2,16,19,20)/b17-13-. The van der Waals surface area contributed by atoms with E-state index in [0.717, 1.165) is 54.9 Å². The summed E-state index contributed by atoms with van der Waals surface area (Å²) in [5.41, 5.74) is 9.74. The third kappa shape index (κ3) is 4.64. The lowest BCUT2D eigenvalue weighted by Gasteiger charge is -2.12. The first-order valence-corrected chi connectivity index (χ1v) is 7.04. The van der Waals surface area contributed by atoms with E-state index in [-0.39, 0.29) is 0 Å². The molecule has 0 bridgehead atoms. The van der Waals surface area contributed by atoms with Gasteiger partial charge >= 0.3 is 0 Å². The van der Waals surface area contributed by atoms with Crippen LogP contribution >= 0.6 is 0 Å². The fourth-order valence-electron chi connectivity index (χ4n) is 2.11. The van der Waals surface area contributed by atoms with Gasteiger partial charge < -0.3 is 11.1 Å². The second-order valence-corrected chi connectivity index (χ2v) is 4.77. The van der Waals surface area contributed by atoms with Gasteiger partial charge in [-0.15, -0.1) is 0 Å². The average molecular weight is 275 g/mol. The van der Waals surface area contributed by atoms with Gasteiger partial charge in [0, 0.05) is 25.0 Å². The molecule has 0 fully saturated rings. The third-order valence-corrected chi connectivity index (χ3v) is 3.14. The van der Waals surface area contributed by atoms with Gasteiger partial charge in [0.2, 0.25) is 0 Å². The van der Waals surface area contributed by atoms with E-state index in [9.17, 15) is 0 Å². The second kappa shape index (κ2) is 8.30. The first-order chi connectivity index (χ1) is 9.60. The minimum atomic E-state index is 0.501. The van der Waals surface area contributed by atoms with E-state index in [2.05, 4.69) is 33.8 Å². The Bertz CT molecular complexity index is 459. The molecular formula is C15H25N5. The van der Waals surface area contributed by atoms with E-state index < -0.39 is 0 Å². The van der Waals surface area contributed by atoms with Crippen LogP contribution in [0.5, 0.6) is 0 Å². The van der Waals surface area contributed by atoms with Gasteiger partial charge in [0.05, 0.1) is 11.3 Å². The van der Waals surface area contributed by atoms with Crippen molar-refractivity contribution in [1.82, 2.24) is 15.3 Å². The van der Waals surface area contributed by atoms with Crippen LogP contribution in [0.4, 0.5) is 5.82 Å². The van der Waals surface area contributed by atoms with E-state index >= 15 is 0 Å². The quantitative estimate of drug-likeness (QED) is 0.564. The fraction of sp³-hybridized carbons (Fsp3) is 0.533. The molecule has 0 saturated heterocycles. The number of nitrogens with two attached hydrogens (primary N) is 1. The predicted octanol–water partition coefficient (Wildman–Crippen LogP) is 2.47. The number of nitrogens with zero attached hydrogens (tertiary/aromatic N) is 3. The van der Waals surface area contributed by atoms with E-state index in [4.69, 9.17) is 5.73 Å². The number of allylic oxidation sites excluding steroid dienone is 1. The number of hydrogen-bond acceptors (Lipinski definition) is 5. The second-order valence-electron chi connectivity index (χ2n) is 4.77. The molecule has 0 amide bonds. The molecule has 0 aliphatic rings. The van der Waals surface area contributed by atoms with Crippen LogP contribution < -0.4 is 11.1 Å². The van der Waals surface area contributed by atoms with Crippen molar-refractivity contribution in [3.05, 3.63) is 29.9 Å². The highest BCUT2D eigenvalue weighted by Crippen LogP contribution is 2.15. The zero-order valence-electron chi connectivity index (χ0n) is 12.7. The predicted molar refractivity (Wildman–Crippen MR) is 84.9 cm³/mol. The Morgan fingerprint density at radius 1 is 1.40 bits per heavy atom. The Kier molecular flexibility index (Phi) is 6.70. The number of hydrogen-bond donors (Lipinski definition) is 2. The van der Waals surface area contributed by atoms with E-state index in [1.165, 1.54) is 6.33 Å². The molecule has 0 aliphatic heterocycles. The lowest BCUT2D eigenvalue weighted by Crippen LogP contribution is -2.16. The molecule has 3 N–H and O–H groups in total. The van der Waals surface area contributed by atoms with Gasteiger partial charge in [0.1, 0.15) is 12.1 Å². The van der Waals surface area contributed by atoms with Crippen molar-refractivity contribution in [2.24, 2.45) is 4.99 Å². The number of anilines is 1. The number of rotatable bonds is 8. The molecule has 0 atom stereocenters. The Labute approximate surface area is 121 Å². The Morgan fingerprint density at radius 3 is 2.75 bits per heavy atom. The summed E-state index contributed by atoms with van der Waals surface area (Å²) in [6.07, 6.45) is 5.44. The highest BCUT2D eigenvalue weighted by Gasteiger charge is 2.11. The highest BCUT2D eigenvalue weighted by molar-refractivity contribution is 6.04. The molecule has 1 heterocycles. The monoisotopic (exact) mass is 275 g/mol. The van der Waals surface area contributed by atoms with Crippen molar-refractivity contribution in [1.29, 1.82) is 0 Å². The SMILES string of the molecule is C=C(CCC)NCCC/C(=N/C)c1c(C)ncnc1N. The zero-order valence-corrected chi connectivity index (χ0v) is 12.7. The maximum Gasteiger partial charge on any atom is 0.136 e. The summed E-state index contributed by atoms with van der Waals surface area (Å²) in [6, 6.07) is 0. The molecule has 5 nitrogen and oxygen atoms in total. The molecule has 1 aromatic heterocycles. The molecule has 0 spiro atoms. The largest absolute Gasteiger partial charge is 0.389 e. The molecule has 1 aromatic rings. The summed E-state index contributed by atoms with van der Waals surface area (Å²) in [5, 5.41) is 3.33. The summed E-state index contributed by atoms with van der Waals surface area (Å²) in [6.45, 7) is 8.96. The van der Waals surface area contributed by atoms with Crippen LogP contribution in [-0.4, -0.2) is 29.3 Å². The van der Waals surface area contributed by atoms with Crippen molar-refractivity contribution in [3.63, 3.8) is 0 Å². The molecular weight excluding hydrogens is 250 g/mol. The third-order valence-electron chi connectivity index (χ3n) is 3.14. The minimum Gasteiger partial charge on any atom is -0.389 e. The zero-order chi connectivity index (χ0) is 15.0. The van der Waals surface area contributed by atoms with Crippen LogP contribution in [0.15, 0.2) is 23.6 Å². The topological polar surface area (TPSA) is 76.2 Å². The molecule has 20 heavy (non-hydrogen) atoms. The Morgan fingerprint density at radius 2 is 2.15 bits per heavy atom. The summed E-state index contributed by atoms with van der Waals surface area (Å²) in [4.78, 5) is 12.6. The van der Waals surface area contributed by atoms with Gasteiger partial charge in [0.15, 0.2) is 0 Å². The average Bonchev–Trinajstić information content (AvgIpc) is 2.41. The van der Waals surface area contributed by atoms with Gasteiger partial charge in [-0.05, 0) is 26.2 Å². The Hall–Kier alpha value is -1.91. The summed E-state index contributed by atoms with van der Waals surface area (Å²) in [5.74, 6) is 0.501. The van der Waals surface area contributed by atoms with E-state index in [1.807, 2.05) is 6.92 Å². The number of aliphatic imine (C=N–C) groups is 1. The fourth-order valence-corrected chi connectivity index (χ4v) is 2.11.